The van der Waals surface area contributed by atoms with Gasteiger partial charge in [0.2, 0.25) is 5.71 Å². The average Bonchev–Trinajstić information content (AvgIpc) is 3.08. The zero-order valence-corrected chi connectivity index (χ0v) is 15.8. The molecule has 3 heteroatoms. The van der Waals surface area contributed by atoms with Gasteiger partial charge in [0.05, 0.1) is 5.69 Å². The van der Waals surface area contributed by atoms with Gasteiger partial charge in [-0.1, -0.05) is 33.7 Å². The van der Waals surface area contributed by atoms with Gasteiger partial charge in [0.15, 0.2) is 0 Å². The molecular weight excluding hydrogens is 332 g/mol. The highest BCUT2D eigenvalue weighted by atomic mass is 16.3. The molecule has 0 spiro atoms. The third-order valence-electron chi connectivity index (χ3n) is 4.75. The zero-order chi connectivity index (χ0) is 26.1. The average molecular weight is 367 g/mol. The molecule has 0 fully saturated rings. The van der Waals surface area contributed by atoms with Crippen molar-refractivity contribution in [3.05, 3.63) is 58.9 Å². The molecule has 3 heterocycles. The maximum atomic E-state index is 8.63. The fourth-order valence-corrected chi connectivity index (χ4v) is 3.37. The number of furan rings is 1. The smallest absolute Gasteiger partial charge is 0.227 e. The lowest BCUT2D eigenvalue weighted by Gasteiger charge is -2.13. The molecule has 0 aliphatic rings. The topological polar surface area (TPSA) is 38.9 Å². The first-order valence-electron chi connectivity index (χ1n) is 12.8. The summed E-state index contributed by atoms with van der Waals surface area (Å²) in [6.45, 7) is 1.12. The molecule has 1 unspecified atom stereocenters. The molecule has 0 saturated heterocycles. The second kappa shape index (κ2) is 6.49. The molecule has 0 N–H and O–H groups in total. The van der Waals surface area contributed by atoms with Crippen LogP contribution in [0.25, 0.3) is 33.3 Å². The number of hydrogen-bond acceptors (Lipinski definition) is 3. The molecule has 0 saturated carbocycles. The van der Waals surface area contributed by atoms with E-state index in [1.165, 1.54) is 13.0 Å². The van der Waals surface area contributed by atoms with E-state index >= 15 is 0 Å². The fraction of sp³-hybridized carbons (Fsp3) is 0.333. The standard InChI is InChI=1S/C24H26N2O/c1-13(2)17-9-10-18(21-11-15(5)20(12-25-21)14(3)4)23-22(17)19-8-7-16(6)26-24(19)27-23/h7-14H,1-6H3/i3D3,5D3,13D,14D. The largest absolute Gasteiger partial charge is 0.437 e. The fourth-order valence-electron chi connectivity index (χ4n) is 3.37. The van der Waals surface area contributed by atoms with E-state index < -0.39 is 25.5 Å². The lowest BCUT2D eigenvalue weighted by atomic mass is 9.93. The van der Waals surface area contributed by atoms with Crippen molar-refractivity contribution < 1.29 is 15.4 Å². The summed E-state index contributed by atoms with van der Waals surface area (Å²) in [5.74, 6) is -3.12. The van der Waals surface area contributed by atoms with Crippen LogP contribution in [0.3, 0.4) is 0 Å². The first-order chi connectivity index (χ1) is 15.9. The lowest BCUT2D eigenvalue weighted by molar-refractivity contribution is 0.653. The van der Waals surface area contributed by atoms with E-state index in [1.54, 1.807) is 26.0 Å². The van der Waals surface area contributed by atoms with Crippen LogP contribution in [0, 0.1) is 13.8 Å². The number of rotatable bonds is 3. The van der Waals surface area contributed by atoms with Gasteiger partial charge in [0.25, 0.3) is 0 Å². The van der Waals surface area contributed by atoms with E-state index in [0.29, 0.717) is 22.2 Å². The number of pyridine rings is 2. The first kappa shape index (κ1) is 10.6. The quantitative estimate of drug-likeness (QED) is 0.395. The Morgan fingerprint density at radius 3 is 2.67 bits per heavy atom. The van der Waals surface area contributed by atoms with Gasteiger partial charge in [-0.2, -0.15) is 0 Å². The summed E-state index contributed by atoms with van der Waals surface area (Å²) in [6, 6.07) is 8.56. The molecule has 3 aromatic heterocycles. The molecule has 3 nitrogen and oxygen atoms in total. The van der Waals surface area contributed by atoms with Gasteiger partial charge in [-0.05, 0) is 66.5 Å². The van der Waals surface area contributed by atoms with Crippen LogP contribution in [0.15, 0.2) is 40.9 Å². The minimum atomic E-state index is -2.76. The van der Waals surface area contributed by atoms with Crippen molar-refractivity contribution in [1.29, 1.82) is 0 Å². The van der Waals surface area contributed by atoms with Crippen LogP contribution < -0.4 is 0 Å². The summed E-state index contributed by atoms with van der Waals surface area (Å²) in [7, 11) is 0. The molecule has 4 rings (SSSR count). The van der Waals surface area contributed by atoms with Crippen LogP contribution in [-0.2, 0) is 0 Å². The summed E-state index contributed by atoms with van der Waals surface area (Å²) in [4.78, 5) is 8.86. The summed E-state index contributed by atoms with van der Waals surface area (Å²) >= 11 is 0. The van der Waals surface area contributed by atoms with Gasteiger partial charge < -0.3 is 4.42 Å². The minimum absolute atomic E-state index is 0.177. The van der Waals surface area contributed by atoms with Crippen LogP contribution in [0.2, 0.25) is 0 Å². The predicted molar refractivity (Wildman–Crippen MR) is 112 cm³/mol. The Balaban J connectivity index is 2.06. The molecule has 0 bridgehead atoms. The molecule has 1 aromatic carbocycles. The molecule has 0 amide bonds. The Kier molecular flexibility index (Phi) is 2.55. The number of aromatic nitrogens is 2. The van der Waals surface area contributed by atoms with Crippen molar-refractivity contribution in [2.75, 3.05) is 0 Å². The highest BCUT2D eigenvalue weighted by molar-refractivity contribution is 6.10. The Bertz CT molecular complexity index is 1440. The highest BCUT2D eigenvalue weighted by Crippen LogP contribution is 2.39. The maximum Gasteiger partial charge on any atom is 0.227 e. The Morgan fingerprint density at radius 2 is 1.93 bits per heavy atom. The highest BCUT2D eigenvalue weighted by Gasteiger charge is 2.19. The normalized spacial score (nSPS) is 19.9. The first-order valence-corrected chi connectivity index (χ1v) is 8.77. The van der Waals surface area contributed by atoms with Gasteiger partial charge in [-0.15, -0.1) is 0 Å². The maximum absolute atomic E-state index is 8.63. The van der Waals surface area contributed by atoms with Crippen molar-refractivity contribution in [2.45, 2.75) is 53.2 Å². The molecule has 4 aromatic rings. The minimum Gasteiger partial charge on any atom is -0.437 e. The monoisotopic (exact) mass is 366 g/mol. The van der Waals surface area contributed by atoms with E-state index in [1.807, 2.05) is 19.1 Å². The number of nitrogens with zero attached hydrogens (tertiary/aromatic N) is 2. The van der Waals surface area contributed by atoms with Crippen molar-refractivity contribution in [1.82, 2.24) is 9.97 Å². The van der Waals surface area contributed by atoms with Gasteiger partial charge in [0, 0.05) is 39.2 Å². The summed E-state index contributed by atoms with van der Waals surface area (Å²) in [5, 5.41) is 1.43. The molecule has 27 heavy (non-hydrogen) atoms. The Labute approximate surface area is 171 Å². The van der Waals surface area contributed by atoms with Crippen molar-refractivity contribution in [2.24, 2.45) is 0 Å². The third-order valence-corrected chi connectivity index (χ3v) is 4.75. The number of aryl methyl sites for hydroxylation is 2. The van der Waals surface area contributed by atoms with Crippen LogP contribution in [0.1, 0.15) is 72.8 Å². The molecule has 0 aliphatic carbocycles. The second-order valence-corrected chi connectivity index (χ2v) is 7.01. The molecule has 0 aliphatic heterocycles. The predicted octanol–water partition coefficient (Wildman–Crippen LogP) is 6.91. The van der Waals surface area contributed by atoms with E-state index in [0.717, 1.165) is 22.8 Å². The SMILES string of the molecule is [2H]C([2H])([2H])c1cc(-c2ccc(C([2H])(C)C)c3c2oc2nc(C)ccc23)ncc1C([2H])(C)C([2H])([2H])[2H]. The lowest BCUT2D eigenvalue weighted by Crippen LogP contribution is -1.96. The molecule has 0 radical (unpaired) electrons. The van der Waals surface area contributed by atoms with E-state index in [4.69, 9.17) is 15.4 Å². The number of hydrogen-bond donors (Lipinski definition) is 0. The van der Waals surface area contributed by atoms with Gasteiger partial charge in [-0.25, -0.2) is 4.98 Å². The molecule has 138 valence electrons. The molecule has 1 atom stereocenters. The van der Waals surface area contributed by atoms with Gasteiger partial charge in [-0.3, -0.25) is 4.98 Å². The van der Waals surface area contributed by atoms with E-state index in [9.17, 15) is 0 Å². The summed E-state index contributed by atoms with van der Waals surface area (Å²) in [6.07, 6.45) is 1.16. The molecular formula is C24H26N2O. The van der Waals surface area contributed by atoms with Crippen LogP contribution >= 0.6 is 0 Å². The van der Waals surface area contributed by atoms with Crippen LogP contribution in [0.4, 0.5) is 0 Å². The van der Waals surface area contributed by atoms with Crippen LogP contribution in [0.5, 0.6) is 0 Å². The summed E-state index contributed by atoms with van der Waals surface area (Å²) < 4.78 is 70.5. The van der Waals surface area contributed by atoms with Crippen molar-refractivity contribution in [3.63, 3.8) is 0 Å². The number of benzene rings is 1. The summed E-state index contributed by atoms with van der Waals surface area (Å²) in [5.41, 5.74) is 2.61. The Hall–Kier alpha value is -2.68. The van der Waals surface area contributed by atoms with E-state index in [2.05, 4.69) is 9.97 Å². The van der Waals surface area contributed by atoms with Gasteiger partial charge >= 0.3 is 0 Å². The van der Waals surface area contributed by atoms with Crippen molar-refractivity contribution in [3.8, 4) is 11.3 Å². The van der Waals surface area contributed by atoms with Gasteiger partial charge in [0.1, 0.15) is 5.58 Å². The van der Waals surface area contributed by atoms with Crippen molar-refractivity contribution >= 4 is 22.1 Å². The van der Waals surface area contributed by atoms with E-state index in [-0.39, 0.29) is 16.8 Å². The number of fused-ring (bicyclic) bond motifs is 3. The third kappa shape index (κ3) is 2.91. The van der Waals surface area contributed by atoms with Crippen LogP contribution in [-0.4, -0.2) is 9.97 Å². The Morgan fingerprint density at radius 1 is 1.07 bits per heavy atom. The zero-order valence-electron chi connectivity index (χ0n) is 23.8. The second-order valence-electron chi connectivity index (χ2n) is 7.01.